The lowest BCUT2D eigenvalue weighted by atomic mass is 9.53. The van der Waals surface area contributed by atoms with Gasteiger partial charge in [0.25, 0.3) is 5.56 Å². The molecule has 1 heterocycles. The first-order valence-corrected chi connectivity index (χ1v) is 12.9. The average Bonchev–Trinajstić information content (AvgIpc) is 2.72. The number of carbonyl (C=O) groups excluding carboxylic acids is 2. The molecule has 3 amide bonds. The Morgan fingerprint density at radius 2 is 1.67 bits per heavy atom. The smallest absolute Gasteiger partial charge is 0.321 e. The van der Waals surface area contributed by atoms with Crippen molar-refractivity contribution in [3.63, 3.8) is 0 Å². The van der Waals surface area contributed by atoms with Crippen LogP contribution in [0, 0.1) is 17.8 Å². The van der Waals surface area contributed by atoms with Crippen LogP contribution in [0.2, 0.25) is 0 Å². The van der Waals surface area contributed by atoms with E-state index in [0.29, 0.717) is 33.8 Å². The summed E-state index contributed by atoms with van der Waals surface area (Å²) in [6.07, 6.45) is 6.99. The number of thioether (sulfide) groups is 1. The zero-order valence-electron chi connectivity index (χ0n) is 19.5. The van der Waals surface area contributed by atoms with Crippen LogP contribution < -0.4 is 16.2 Å². The quantitative estimate of drug-likeness (QED) is 0.505. The summed E-state index contributed by atoms with van der Waals surface area (Å²) < 4.78 is 1.62. The number of para-hydroxylation sites is 1. The van der Waals surface area contributed by atoms with E-state index >= 15 is 0 Å². The first kappa shape index (κ1) is 22.4. The fourth-order valence-electron chi connectivity index (χ4n) is 6.63. The van der Waals surface area contributed by atoms with Gasteiger partial charge in [0.15, 0.2) is 5.16 Å². The van der Waals surface area contributed by atoms with E-state index in [2.05, 4.69) is 15.6 Å². The Morgan fingerprint density at radius 1 is 1.06 bits per heavy atom. The van der Waals surface area contributed by atoms with Gasteiger partial charge in [-0.25, -0.2) is 9.78 Å². The van der Waals surface area contributed by atoms with Crippen LogP contribution in [-0.2, 0) is 4.79 Å². The van der Waals surface area contributed by atoms with Crippen LogP contribution in [-0.4, -0.2) is 32.3 Å². The Hall–Kier alpha value is -2.35. The fourth-order valence-corrected chi connectivity index (χ4v) is 7.67. The number of urea groups is 1. The van der Waals surface area contributed by atoms with E-state index in [1.807, 2.05) is 26.0 Å². The molecule has 0 spiro atoms. The predicted molar refractivity (Wildman–Crippen MR) is 129 cm³/mol. The molecule has 6 rings (SSSR count). The summed E-state index contributed by atoms with van der Waals surface area (Å²) >= 11 is 1.21. The molecule has 4 saturated carbocycles. The van der Waals surface area contributed by atoms with E-state index in [9.17, 15) is 14.4 Å². The molecule has 4 fully saturated rings. The van der Waals surface area contributed by atoms with Crippen molar-refractivity contribution in [2.75, 3.05) is 0 Å². The van der Waals surface area contributed by atoms with Gasteiger partial charge < -0.3 is 5.32 Å². The van der Waals surface area contributed by atoms with Crippen LogP contribution >= 0.6 is 11.8 Å². The van der Waals surface area contributed by atoms with Gasteiger partial charge in [0.1, 0.15) is 0 Å². The summed E-state index contributed by atoms with van der Waals surface area (Å²) in [6, 6.07) is 6.72. The van der Waals surface area contributed by atoms with Crippen molar-refractivity contribution in [3.8, 4) is 0 Å². The maximum absolute atomic E-state index is 13.0. The SMILES string of the molecule is CC(Sc1nc2ccccc2c(=O)n1C(C)C)C(=O)NC(=O)NC12CC3CC(CC(C3)C1)C2. The minimum atomic E-state index is -0.579. The van der Waals surface area contributed by atoms with Gasteiger partial charge in [-0.05, 0) is 89.2 Å². The van der Waals surface area contributed by atoms with Crippen molar-refractivity contribution in [3.05, 3.63) is 34.6 Å². The third-order valence-corrected chi connectivity index (χ3v) is 8.66. The van der Waals surface area contributed by atoms with Crippen LogP contribution in [0.15, 0.2) is 34.2 Å². The number of fused-ring (bicyclic) bond motifs is 1. The minimum absolute atomic E-state index is 0.105. The Labute approximate surface area is 198 Å². The number of carbonyl (C=O) groups is 2. The van der Waals surface area contributed by atoms with Crippen LogP contribution in [0.3, 0.4) is 0 Å². The van der Waals surface area contributed by atoms with Crippen molar-refractivity contribution in [1.82, 2.24) is 20.2 Å². The molecule has 4 aliphatic carbocycles. The van der Waals surface area contributed by atoms with Crippen LogP contribution in [0.5, 0.6) is 0 Å². The Bertz CT molecular complexity index is 1120. The highest BCUT2D eigenvalue weighted by molar-refractivity contribution is 8.00. The molecular weight excluding hydrogens is 436 g/mol. The second kappa shape index (κ2) is 8.46. The summed E-state index contributed by atoms with van der Waals surface area (Å²) in [6.45, 7) is 5.58. The van der Waals surface area contributed by atoms with Gasteiger partial charge in [0.2, 0.25) is 5.91 Å². The number of benzene rings is 1. The zero-order chi connectivity index (χ0) is 23.3. The second-order valence-corrected chi connectivity index (χ2v) is 11.9. The van der Waals surface area contributed by atoms with Crippen molar-refractivity contribution in [2.24, 2.45) is 17.8 Å². The molecule has 33 heavy (non-hydrogen) atoms. The molecule has 1 unspecified atom stereocenters. The molecule has 2 N–H and O–H groups in total. The molecule has 8 heteroatoms. The van der Waals surface area contributed by atoms with E-state index < -0.39 is 11.3 Å². The highest BCUT2D eigenvalue weighted by atomic mass is 32.2. The molecule has 4 aliphatic rings. The van der Waals surface area contributed by atoms with E-state index in [1.165, 1.54) is 31.0 Å². The average molecular weight is 469 g/mol. The van der Waals surface area contributed by atoms with Gasteiger partial charge in [-0.1, -0.05) is 23.9 Å². The normalized spacial score (nSPS) is 28.8. The Morgan fingerprint density at radius 3 is 2.27 bits per heavy atom. The lowest BCUT2D eigenvalue weighted by Gasteiger charge is -2.56. The number of hydrogen-bond donors (Lipinski definition) is 2. The van der Waals surface area contributed by atoms with Crippen molar-refractivity contribution in [1.29, 1.82) is 0 Å². The third kappa shape index (κ3) is 4.29. The van der Waals surface area contributed by atoms with Crippen LogP contribution in [0.4, 0.5) is 4.79 Å². The molecule has 4 bridgehead atoms. The van der Waals surface area contributed by atoms with Gasteiger partial charge >= 0.3 is 6.03 Å². The van der Waals surface area contributed by atoms with E-state index in [0.717, 1.165) is 19.3 Å². The molecule has 0 saturated heterocycles. The number of hydrogen-bond acceptors (Lipinski definition) is 5. The zero-order valence-corrected chi connectivity index (χ0v) is 20.3. The third-order valence-electron chi connectivity index (χ3n) is 7.60. The summed E-state index contributed by atoms with van der Waals surface area (Å²) in [5.41, 5.74) is 0.340. The van der Waals surface area contributed by atoms with Crippen molar-refractivity contribution in [2.45, 2.75) is 81.3 Å². The number of aromatic nitrogens is 2. The number of imide groups is 1. The molecule has 0 aliphatic heterocycles. The molecule has 1 atom stereocenters. The van der Waals surface area contributed by atoms with E-state index in [1.54, 1.807) is 23.6 Å². The summed E-state index contributed by atoms with van der Waals surface area (Å²) in [4.78, 5) is 43.3. The molecule has 1 aromatic heterocycles. The number of amides is 3. The monoisotopic (exact) mass is 468 g/mol. The largest absolute Gasteiger partial charge is 0.332 e. The molecule has 0 radical (unpaired) electrons. The molecule has 7 nitrogen and oxygen atoms in total. The van der Waals surface area contributed by atoms with Crippen molar-refractivity contribution >= 4 is 34.6 Å². The maximum atomic E-state index is 13.0. The molecule has 2 aromatic rings. The molecule has 176 valence electrons. The highest BCUT2D eigenvalue weighted by Gasteiger charge is 2.51. The summed E-state index contributed by atoms with van der Waals surface area (Å²) in [5.74, 6) is 1.77. The first-order chi connectivity index (χ1) is 15.7. The summed E-state index contributed by atoms with van der Waals surface area (Å²) in [5, 5.41) is 6.20. The molecule has 1 aromatic carbocycles. The predicted octanol–water partition coefficient (Wildman–Crippen LogP) is 4.25. The highest BCUT2D eigenvalue weighted by Crippen LogP contribution is 2.55. The number of nitrogens with zero attached hydrogens (tertiary/aromatic N) is 2. The van der Waals surface area contributed by atoms with E-state index in [4.69, 9.17) is 0 Å². The fraction of sp³-hybridized carbons (Fsp3) is 0.600. The van der Waals surface area contributed by atoms with Crippen LogP contribution in [0.1, 0.15) is 65.3 Å². The van der Waals surface area contributed by atoms with Gasteiger partial charge in [0, 0.05) is 11.6 Å². The maximum Gasteiger partial charge on any atom is 0.321 e. The minimum Gasteiger partial charge on any atom is -0.332 e. The Balaban J connectivity index is 1.28. The standard InChI is InChI=1S/C25H32N4O3S/c1-14(2)29-22(31)19-6-4-5-7-20(19)26-24(29)33-15(3)21(30)27-23(32)28-25-11-16-8-17(12-25)10-18(9-16)13-25/h4-7,14-18H,8-13H2,1-3H3,(H2,27,28,30,32). The van der Waals surface area contributed by atoms with Gasteiger partial charge in [-0.15, -0.1) is 0 Å². The molecular formula is C25H32N4O3S. The number of rotatable bonds is 5. The van der Waals surface area contributed by atoms with Crippen LogP contribution in [0.25, 0.3) is 10.9 Å². The van der Waals surface area contributed by atoms with E-state index in [-0.39, 0.29) is 23.0 Å². The first-order valence-electron chi connectivity index (χ1n) is 12.0. The lowest BCUT2D eigenvalue weighted by Crippen LogP contribution is -2.62. The van der Waals surface area contributed by atoms with Gasteiger partial charge in [-0.3, -0.25) is 19.5 Å². The van der Waals surface area contributed by atoms with Gasteiger partial charge in [-0.2, -0.15) is 0 Å². The van der Waals surface area contributed by atoms with Gasteiger partial charge in [0.05, 0.1) is 16.2 Å². The summed E-state index contributed by atoms with van der Waals surface area (Å²) in [7, 11) is 0. The number of nitrogens with one attached hydrogen (secondary N) is 2. The lowest BCUT2D eigenvalue weighted by molar-refractivity contribution is -0.119. The van der Waals surface area contributed by atoms with Crippen molar-refractivity contribution < 1.29 is 9.59 Å². The Kier molecular flexibility index (Phi) is 5.75. The topological polar surface area (TPSA) is 93.1 Å². The second-order valence-electron chi connectivity index (χ2n) is 10.6.